The molecule has 174 valence electrons. The highest BCUT2D eigenvalue weighted by Gasteiger charge is 2.45. The van der Waals surface area contributed by atoms with Crippen molar-refractivity contribution >= 4 is 11.5 Å². The van der Waals surface area contributed by atoms with E-state index in [2.05, 4.69) is 93.1 Å². The molecule has 0 saturated heterocycles. The van der Waals surface area contributed by atoms with Crippen molar-refractivity contribution in [2.24, 2.45) is 10.8 Å². The molecule has 0 N–H and O–H groups in total. The van der Waals surface area contributed by atoms with Crippen LogP contribution in [0.4, 0.5) is 5.82 Å². The van der Waals surface area contributed by atoms with Crippen LogP contribution < -0.4 is 9.64 Å². The lowest BCUT2D eigenvalue weighted by molar-refractivity contribution is 0.0761. The number of anilines is 1. The SMILES string of the molecule is CC(C)(C)C[C@@H]1Oc2cn3ncc(C(C)(C)C)c3nc2N(C(C)(C)C)[C@H]1CC(C)(C)C. The second kappa shape index (κ2) is 7.38. The van der Waals surface area contributed by atoms with Gasteiger partial charge in [-0.1, -0.05) is 62.3 Å². The average Bonchev–Trinajstić information content (AvgIpc) is 2.92. The lowest BCUT2D eigenvalue weighted by Gasteiger charge is -2.51. The lowest BCUT2D eigenvalue weighted by Crippen LogP contribution is -2.59. The van der Waals surface area contributed by atoms with Gasteiger partial charge >= 0.3 is 0 Å². The van der Waals surface area contributed by atoms with E-state index in [4.69, 9.17) is 9.72 Å². The van der Waals surface area contributed by atoms with Crippen LogP contribution in [0.3, 0.4) is 0 Å². The van der Waals surface area contributed by atoms with Crippen LogP contribution in [-0.4, -0.2) is 32.3 Å². The zero-order valence-electron chi connectivity index (χ0n) is 21.9. The van der Waals surface area contributed by atoms with E-state index in [9.17, 15) is 0 Å². The van der Waals surface area contributed by atoms with Gasteiger partial charge in [0.15, 0.2) is 17.2 Å². The van der Waals surface area contributed by atoms with Gasteiger partial charge in [0.05, 0.1) is 18.4 Å². The van der Waals surface area contributed by atoms with E-state index in [1.54, 1.807) is 0 Å². The van der Waals surface area contributed by atoms with Gasteiger partial charge in [0.1, 0.15) is 6.10 Å². The molecule has 5 heteroatoms. The second-order valence-electron chi connectivity index (χ2n) is 13.8. The Bertz CT molecular complexity index is 932. The van der Waals surface area contributed by atoms with Gasteiger partial charge < -0.3 is 9.64 Å². The van der Waals surface area contributed by atoms with E-state index in [0.29, 0.717) is 0 Å². The van der Waals surface area contributed by atoms with Crippen LogP contribution >= 0.6 is 0 Å². The van der Waals surface area contributed by atoms with Crippen LogP contribution in [0.2, 0.25) is 0 Å². The minimum atomic E-state index is -0.0855. The summed E-state index contributed by atoms with van der Waals surface area (Å²) in [7, 11) is 0. The molecule has 0 unspecified atom stereocenters. The van der Waals surface area contributed by atoms with Crippen molar-refractivity contribution in [3.8, 4) is 5.75 Å². The quantitative estimate of drug-likeness (QED) is 0.538. The molecule has 0 aliphatic carbocycles. The smallest absolute Gasteiger partial charge is 0.180 e. The van der Waals surface area contributed by atoms with Crippen LogP contribution in [0.25, 0.3) is 5.65 Å². The third-order valence-electron chi connectivity index (χ3n) is 5.87. The summed E-state index contributed by atoms with van der Waals surface area (Å²) in [6, 6.07) is 0.252. The van der Waals surface area contributed by atoms with Gasteiger partial charge in [-0.05, 0) is 49.9 Å². The van der Waals surface area contributed by atoms with E-state index < -0.39 is 0 Å². The average molecular weight is 429 g/mol. The second-order valence-corrected chi connectivity index (χ2v) is 13.8. The van der Waals surface area contributed by atoms with E-state index in [1.807, 2.05) is 16.9 Å². The fraction of sp³-hybridized carbons (Fsp3) is 0.769. The molecule has 0 bridgehead atoms. The van der Waals surface area contributed by atoms with Crippen molar-refractivity contribution in [2.75, 3.05) is 4.90 Å². The Kier molecular flexibility index (Phi) is 5.69. The zero-order chi connectivity index (χ0) is 23.6. The van der Waals surface area contributed by atoms with E-state index in [1.165, 1.54) is 0 Å². The summed E-state index contributed by atoms with van der Waals surface area (Å²) in [6.45, 7) is 27.4. The number of aromatic nitrogens is 3. The Labute approximate surface area is 189 Å². The molecular weight excluding hydrogens is 384 g/mol. The van der Waals surface area contributed by atoms with Gasteiger partial charge in [0.25, 0.3) is 0 Å². The van der Waals surface area contributed by atoms with Crippen LogP contribution in [-0.2, 0) is 5.41 Å². The molecule has 3 heterocycles. The number of nitrogens with zero attached hydrogens (tertiary/aromatic N) is 4. The first-order chi connectivity index (χ1) is 13.9. The highest BCUT2D eigenvalue weighted by atomic mass is 16.5. The van der Waals surface area contributed by atoms with E-state index in [0.717, 1.165) is 35.6 Å². The van der Waals surface area contributed by atoms with Gasteiger partial charge in [0, 0.05) is 11.1 Å². The maximum Gasteiger partial charge on any atom is 0.180 e. The number of ether oxygens (including phenoxy) is 1. The summed E-state index contributed by atoms with van der Waals surface area (Å²) in [5, 5.41) is 4.61. The molecule has 0 spiro atoms. The largest absolute Gasteiger partial charge is 0.483 e. The summed E-state index contributed by atoms with van der Waals surface area (Å²) in [4.78, 5) is 7.74. The standard InChI is InChI=1S/C26H44N4O/c1-23(2,3)13-18-19(14-24(4,5)6)31-20-16-29-21(17(15-27-29)25(7,8)9)28-22(20)30(18)26(10,11)12/h15-16,18-19H,13-14H2,1-12H3/t18-,19-/m0/s1. The van der Waals surface area contributed by atoms with Crippen molar-refractivity contribution in [3.05, 3.63) is 18.0 Å². The number of rotatable bonds is 2. The minimum Gasteiger partial charge on any atom is -0.483 e. The molecule has 0 fully saturated rings. The number of fused-ring (bicyclic) bond motifs is 2. The predicted octanol–water partition coefficient (Wildman–Crippen LogP) is 6.63. The maximum atomic E-state index is 6.73. The Morgan fingerprint density at radius 1 is 0.871 bits per heavy atom. The first kappa shape index (κ1) is 23.9. The van der Waals surface area contributed by atoms with Gasteiger partial charge in [0.2, 0.25) is 0 Å². The Hall–Kier alpha value is -1.78. The monoisotopic (exact) mass is 428 g/mol. The van der Waals surface area contributed by atoms with Crippen LogP contribution in [0.5, 0.6) is 5.75 Å². The Morgan fingerprint density at radius 3 is 1.94 bits per heavy atom. The van der Waals surface area contributed by atoms with Crippen molar-refractivity contribution in [3.63, 3.8) is 0 Å². The topological polar surface area (TPSA) is 42.7 Å². The Balaban J connectivity index is 2.23. The normalized spacial score (nSPS) is 20.7. The number of hydrogen-bond donors (Lipinski definition) is 0. The first-order valence-corrected chi connectivity index (χ1v) is 11.7. The molecule has 0 radical (unpaired) electrons. The van der Waals surface area contributed by atoms with Crippen LogP contribution in [0, 0.1) is 10.8 Å². The molecule has 31 heavy (non-hydrogen) atoms. The third-order valence-corrected chi connectivity index (χ3v) is 5.87. The van der Waals surface area contributed by atoms with Crippen molar-refractivity contribution in [1.82, 2.24) is 14.6 Å². The fourth-order valence-corrected chi connectivity index (χ4v) is 4.68. The highest BCUT2D eigenvalue weighted by Crippen LogP contribution is 2.45. The van der Waals surface area contributed by atoms with Gasteiger partial charge in [-0.15, -0.1) is 0 Å². The molecule has 2 atom stereocenters. The van der Waals surface area contributed by atoms with Crippen LogP contribution in [0.1, 0.15) is 101 Å². The summed E-state index contributed by atoms with van der Waals surface area (Å²) < 4.78 is 8.62. The Morgan fingerprint density at radius 2 is 1.45 bits per heavy atom. The maximum absolute atomic E-state index is 6.73. The molecule has 0 amide bonds. The van der Waals surface area contributed by atoms with Crippen molar-refractivity contribution < 1.29 is 4.74 Å². The fourth-order valence-electron chi connectivity index (χ4n) is 4.68. The first-order valence-electron chi connectivity index (χ1n) is 11.7. The molecule has 0 aromatic carbocycles. The molecule has 0 saturated carbocycles. The van der Waals surface area contributed by atoms with Gasteiger partial charge in [-0.2, -0.15) is 5.10 Å². The highest BCUT2D eigenvalue weighted by molar-refractivity contribution is 5.63. The van der Waals surface area contributed by atoms with E-state index >= 15 is 0 Å². The van der Waals surface area contributed by atoms with Crippen molar-refractivity contribution in [1.29, 1.82) is 0 Å². The zero-order valence-corrected chi connectivity index (χ0v) is 21.9. The molecular formula is C26H44N4O. The summed E-state index contributed by atoms with van der Waals surface area (Å²) in [6.07, 6.45) is 6.12. The lowest BCUT2D eigenvalue weighted by atomic mass is 9.78. The summed E-state index contributed by atoms with van der Waals surface area (Å²) in [5.74, 6) is 1.79. The van der Waals surface area contributed by atoms with Crippen molar-refractivity contribution in [2.45, 2.75) is 119 Å². The summed E-state index contributed by atoms with van der Waals surface area (Å²) >= 11 is 0. The molecule has 3 rings (SSSR count). The number of hydrogen-bond acceptors (Lipinski definition) is 4. The summed E-state index contributed by atoms with van der Waals surface area (Å²) in [5.41, 5.74) is 2.33. The predicted molar refractivity (Wildman–Crippen MR) is 130 cm³/mol. The molecule has 2 aromatic rings. The molecule has 1 aliphatic rings. The minimum absolute atomic E-state index is 0.0232. The van der Waals surface area contributed by atoms with E-state index in [-0.39, 0.29) is 33.9 Å². The molecule has 5 nitrogen and oxygen atoms in total. The molecule has 1 aliphatic heterocycles. The third kappa shape index (κ3) is 5.18. The van der Waals surface area contributed by atoms with Gasteiger partial charge in [-0.25, -0.2) is 9.50 Å². The van der Waals surface area contributed by atoms with Gasteiger partial charge in [-0.3, -0.25) is 0 Å². The van der Waals surface area contributed by atoms with Crippen LogP contribution in [0.15, 0.2) is 12.4 Å². The molecule has 2 aromatic heterocycles.